The smallest absolute Gasteiger partial charge is 0.317 e. The Morgan fingerprint density at radius 2 is 2.06 bits per heavy atom. The van der Waals surface area contributed by atoms with Crippen LogP contribution < -0.4 is 9.16 Å². The number of carbonyl (C=O) groups excluding carboxylic acids is 1. The second-order valence-electron chi connectivity index (χ2n) is 6.15. The third-order valence-corrected chi connectivity index (χ3v) is 7.98. The Labute approximate surface area is 108 Å². The molecule has 1 aliphatic rings. The van der Waals surface area contributed by atoms with Gasteiger partial charge in [0.05, 0.1) is 12.6 Å². The largest absolute Gasteiger partial charge is 0.542 e. The molecule has 0 aliphatic carbocycles. The number of esters is 1. The van der Waals surface area contributed by atoms with Gasteiger partial charge in [-0.25, -0.2) is 4.98 Å². The molecule has 1 aromatic heterocycles. The van der Waals surface area contributed by atoms with Crippen molar-refractivity contribution in [3.05, 3.63) is 17.8 Å². The van der Waals surface area contributed by atoms with Crippen molar-refractivity contribution in [3.8, 4) is 11.6 Å². The Hall–Kier alpha value is -1.36. The highest BCUT2D eigenvalue weighted by Gasteiger charge is 2.39. The van der Waals surface area contributed by atoms with E-state index in [1.165, 1.54) is 0 Å². The molecule has 4 nitrogen and oxygen atoms in total. The summed E-state index contributed by atoms with van der Waals surface area (Å²) in [6.07, 6.45) is 1.93. The third kappa shape index (κ3) is 2.41. The first-order valence-electron chi connectivity index (χ1n) is 6.08. The molecule has 0 saturated carbocycles. The molecule has 0 aromatic carbocycles. The van der Waals surface area contributed by atoms with Gasteiger partial charge in [0.1, 0.15) is 5.75 Å². The van der Waals surface area contributed by atoms with Gasteiger partial charge in [-0.2, -0.15) is 0 Å². The number of carbonyl (C=O) groups is 1. The van der Waals surface area contributed by atoms with Crippen LogP contribution in [-0.2, 0) is 11.2 Å². The standard InChI is InChI=1S/C13H19NO3Si/c1-13(2,3)18(4,5)17-10-6-9-7-11(15)16-12(9)14-8-10/h6,8H,7H2,1-5H3. The van der Waals surface area contributed by atoms with E-state index in [0.29, 0.717) is 5.88 Å². The van der Waals surface area contributed by atoms with Gasteiger partial charge >= 0.3 is 5.97 Å². The molecule has 0 unspecified atom stereocenters. The summed E-state index contributed by atoms with van der Waals surface area (Å²) >= 11 is 0. The Kier molecular flexibility index (Phi) is 2.97. The minimum atomic E-state index is -1.86. The Balaban J connectivity index is 2.22. The lowest BCUT2D eigenvalue weighted by molar-refractivity contribution is -0.132. The van der Waals surface area contributed by atoms with Gasteiger partial charge < -0.3 is 9.16 Å². The summed E-state index contributed by atoms with van der Waals surface area (Å²) in [7, 11) is -1.86. The first-order chi connectivity index (χ1) is 8.19. The predicted octanol–water partition coefficient (Wildman–Crippen LogP) is 2.93. The van der Waals surface area contributed by atoms with Gasteiger partial charge in [0.15, 0.2) is 0 Å². The van der Waals surface area contributed by atoms with Crippen LogP contribution in [0.15, 0.2) is 12.3 Å². The highest BCUT2D eigenvalue weighted by atomic mass is 28.4. The quantitative estimate of drug-likeness (QED) is 0.609. The minimum Gasteiger partial charge on any atom is -0.542 e. The SMILES string of the molecule is CC(C)(C)[Si](C)(C)Oc1cnc2c(c1)CC(=O)O2. The lowest BCUT2D eigenvalue weighted by Gasteiger charge is -2.36. The fraction of sp³-hybridized carbons (Fsp3) is 0.538. The predicted molar refractivity (Wildman–Crippen MR) is 71.4 cm³/mol. The average molecular weight is 265 g/mol. The highest BCUT2D eigenvalue weighted by molar-refractivity contribution is 6.74. The molecule has 0 N–H and O–H groups in total. The van der Waals surface area contributed by atoms with Crippen molar-refractivity contribution in [1.82, 2.24) is 4.98 Å². The van der Waals surface area contributed by atoms with Crippen LogP contribution in [0.2, 0.25) is 18.1 Å². The second kappa shape index (κ2) is 4.09. The van der Waals surface area contributed by atoms with E-state index < -0.39 is 8.32 Å². The van der Waals surface area contributed by atoms with Crippen LogP contribution in [0.5, 0.6) is 11.6 Å². The van der Waals surface area contributed by atoms with Crippen LogP contribution >= 0.6 is 0 Å². The molecule has 1 aliphatic heterocycles. The van der Waals surface area contributed by atoms with E-state index in [-0.39, 0.29) is 17.4 Å². The van der Waals surface area contributed by atoms with Gasteiger partial charge in [0, 0.05) is 5.56 Å². The van der Waals surface area contributed by atoms with E-state index in [9.17, 15) is 4.79 Å². The zero-order valence-corrected chi connectivity index (χ0v) is 12.5. The molecule has 0 fully saturated rings. The van der Waals surface area contributed by atoms with Crippen molar-refractivity contribution in [2.24, 2.45) is 0 Å². The van der Waals surface area contributed by atoms with Crippen LogP contribution in [0.25, 0.3) is 0 Å². The molecule has 0 atom stereocenters. The fourth-order valence-electron chi connectivity index (χ4n) is 1.50. The molecule has 0 amide bonds. The summed E-state index contributed by atoms with van der Waals surface area (Å²) in [6, 6.07) is 1.87. The molecule has 0 spiro atoms. The number of hydrogen-bond acceptors (Lipinski definition) is 4. The summed E-state index contributed by atoms with van der Waals surface area (Å²) in [4.78, 5) is 15.3. The Morgan fingerprint density at radius 3 is 2.67 bits per heavy atom. The number of pyridine rings is 1. The van der Waals surface area contributed by atoms with Crippen molar-refractivity contribution in [2.45, 2.75) is 45.3 Å². The number of aromatic nitrogens is 1. The van der Waals surface area contributed by atoms with Crippen molar-refractivity contribution < 1.29 is 14.0 Å². The van der Waals surface area contributed by atoms with Gasteiger partial charge in [-0.15, -0.1) is 0 Å². The molecule has 18 heavy (non-hydrogen) atoms. The normalized spacial score (nSPS) is 15.3. The summed E-state index contributed by atoms with van der Waals surface area (Å²) in [5.74, 6) is 0.906. The monoisotopic (exact) mass is 265 g/mol. The number of hydrogen-bond donors (Lipinski definition) is 0. The zero-order valence-electron chi connectivity index (χ0n) is 11.5. The lowest BCUT2D eigenvalue weighted by Crippen LogP contribution is -2.43. The van der Waals surface area contributed by atoms with Gasteiger partial charge in [0.25, 0.3) is 8.32 Å². The van der Waals surface area contributed by atoms with Crippen LogP contribution in [0, 0.1) is 0 Å². The molecule has 98 valence electrons. The number of fused-ring (bicyclic) bond motifs is 1. The average Bonchev–Trinajstić information content (AvgIpc) is 2.54. The van der Waals surface area contributed by atoms with Crippen LogP contribution in [0.3, 0.4) is 0 Å². The second-order valence-corrected chi connectivity index (χ2v) is 10.9. The summed E-state index contributed by atoms with van der Waals surface area (Å²) < 4.78 is 11.1. The van der Waals surface area contributed by atoms with Gasteiger partial charge in [-0.1, -0.05) is 20.8 Å². The van der Waals surface area contributed by atoms with Crippen molar-refractivity contribution in [2.75, 3.05) is 0 Å². The van der Waals surface area contributed by atoms with Gasteiger partial charge in [-0.3, -0.25) is 4.79 Å². The van der Waals surface area contributed by atoms with Crippen molar-refractivity contribution >= 4 is 14.3 Å². The number of rotatable bonds is 2. The van der Waals surface area contributed by atoms with Crippen molar-refractivity contribution in [3.63, 3.8) is 0 Å². The third-order valence-electron chi connectivity index (χ3n) is 3.62. The maximum atomic E-state index is 11.2. The summed E-state index contributed by atoms with van der Waals surface area (Å²) in [5, 5.41) is 0.137. The Bertz CT molecular complexity index is 491. The molecular formula is C13H19NO3Si. The van der Waals surface area contributed by atoms with E-state index in [0.717, 1.165) is 11.3 Å². The maximum Gasteiger partial charge on any atom is 0.317 e. The summed E-state index contributed by atoms with van der Waals surface area (Å²) in [6.45, 7) is 10.9. The lowest BCUT2D eigenvalue weighted by atomic mass is 10.2. The van der Waals surface area contributed by atoms with E-state index >= 15 is 0 Å². The molecule has 0 bridgehead atoms. The van der Waals surface area contributed by atoms with E-state index in [2.05, 4.69) is 38.8 Å². The van der Waals surface area contributed by atoms with Crippen LogP contribution in [-0.4, -0.2) is 19.3 Å². The van der Waals surface area contributed by atoms with Crippen LogP contribution in [0.4, 0.5) is 0 Å². The molecule has 2 rings (SSSR count). The van der Waals surface area contributed by atoms with E-state index in [1.54, 1.807) is 6.20 Å². The Morgan fingerprint density at radius 1 is 1.39 bits per heavy atom. The maximum absolute atomic E-state index is 11.2. The van der Waals surface area contributed by atoms with Crippen LogP contribution in [0.1, 0.15) is 26.3 Å². The number of ether oxygens (including phenoxy) is 1. The topological polar surface area (TPSA) is 48.4 Å². The summed E-state index contributed by atoms with van der Waals surface area (Å²) in [5.41, 5.74) is 0.816. The van der Waals surface area contributed by atoms with E-state index in [4.69, 9.17) is 9.16 Å². The molecule has 2 heterocycles. The van der Waals surface area contributed by atoms with Gasteiger partial charge in [-0.05, 0) is 24.2 Å². The van der Waals surface area contributed by atoms with E-state index in [1.807, 2.05) is 6.07 Å². The fourth-order valence-corrected chi connectivity index (χ4v) is 2.50. The molecule has 1 aromatic rings. The van der Waals surface area contributed by atoms with Crippen molar-refractivity contribution in [1.29, 1.82) is 0 Å². The first-order valence-corrected chi connectivity index (χ1v) is 8.98. The molecular weight excluding hydrogens is 246 g/mol. The molecule has 5 heteroatoms. The first kappa shape index (κ1) is 13.1. The minimum absolute atomic E-state index is 0.137. The van der Waals surface area contributed by atoms with Gasteiger partial charge in [0.2, 0.25) is 5.88 Å². The highest BCUT2D eigenvalue weighted by Crippen LogP contribution is 2.38. The zero-order chi connectivity index (χ0) is 13.6. The molecule has 0 saturated heterocycles. The number of nitrogens with zero attached hydrogens (tertiary/aromatic N) is 1. The molecule has 0 radical (unpaired) electrons.